The van der Waals surface area contributed by atoms with Crippen molar-refractivity contribution in [1.82, 2.24) is 4.98 Å². The average molecular weight is 277 g/mol. The van der Waals surface area contributed by atoms with Crippen LogP contribution in [0.4, 0.5) is 11.5 Å². The molecule has 0 radical (unpaired) electrons. The Bertz CT molecular complexity index is 478. The van der Waals surface area contributed by atoms with Crippen molar-refractivity contribution in [2.45, 2.75) is 39.5 Å². The third-order valence-electron chi connectivity index (χ3n) is 4.24. The molecule has 0 saturated heterocycles. The van der Waals surface area contributed by atoms with E-state index in [1.165, 1.54) is 31.9 Å². The normalized spacial score (nSPS) is 16.3. The van der Waals surface area contributed by atoms with Gasteiger partial charge in [0.25, 0.3) is 0 Å². The van der Waals surface area contributed by atoms with Gasteiger partial charge in [0.2, 0.25) is 0 Å². The molecule has 5 nitrogen and oxygen atoms in total. The van der Waals surface area contributed by atoms with Crippen LogP contribution in [0.3, 0.4) is 0 Å². The summed E-state index contributed by atoms with van der Waals surface area (Å²) in [5.41, 5.74) is 6.90. The van der Waals surface area contributed by atoms with E-state index in [0.717, 1.165) is 6.54 Å². The lowest BCUT2D eigenvalue weighted by molar-refractivity contribution is 0.0527. The van der Waals surface area contributed by atoms with E-state index in [0.29, 0.717) is 29.1 Å². The molecule has 110 valence electrons. The minimum Gasteiger partial charge on any atom is -0.462 e. The number of carbonyl (C=O) groups excluding carboxylic acids is 1. The quantitative estimate of drug-likeness (QED) is 0.782. The van der Waals surface area contributed by atoms with Crippen molar-refractivity contribution < 1.29 is 9.53 Å². The summed E-state index contributed by atoms with van der Waals surface area (Å²) in [6, 6.07) is 1.68. The van der Waals surface area contributed by atoms with Gasteiger partial charge in [0.15, 0.2) is 0 Å². The molecule has 20 heavy (non-hydrogen) atoms. The van der Waals surface area contributed by atoms with E-state index >= 15 is 0 Å². The molecule has 1 aliphatic carbocycles. The number of pyridine rings is 1. The van der Waals surface area contributed by atoms with Gasteiger partial charge >= 0.3 is 5.97 Å². The second-order valence-corrected chi connectivity index (χ2v) is 5.44. The van der Waals surface area contributed by atoms with Crippen molar-refractivity contribution in [1.29, 1.82) is 0 Å². The van der Waals surface area contributed by atoms with E-state index in [1.54, 1.807) is 13.0 Å². The number of nitrogens with one attached hydrogen (secondary N) is 1. The highest BCUT2D eigenvalue weighted by atomic mass is 16.5. The molecule has 0 spiro atoms. The van der Waals surface area contributed by atoms with Crippen LogP contribution in [0.25, 0.3) is 0 Å². The van der Waals surface area contributed by atoms with Crippen LogP contribution < -0.4 is 11.1 Å². The number of nitrogens with zero attached hydrogens (tertiary/aromatic N) is 1. The molecule has 2 rings (SSSR count). The van der Waals surface area contributed by atoms with Gasteiger partial charge in [-0.1, -0.05) is 13.3 Å². The fourth-order valence-electron chi connectivity index (χ4n) is 2.56. The molecule has 1 saturated carbocycles. The van der Waals surface area contributed by atoms with Crippen molar-refractivity contribution in [2.75, 3.05) is 24.2 Å². The SMILES string of the molecule is CCOC(=O)c1cc(NCC2(CC)CCC2)ncc1N. The largest absolute Gasteiger partial charge is 0.462 e. The second kappa shape index (κ2) is 6.11. The fourth-order valence-corrected chi connectivity index (χ4v) is 2.56. The van der Waals surface area contributed by atoms with E-state index in [1.807, 2.05) is 0 Å². The summed E-state index contributed by atoms with van der Waals surface area (Å²) < 4.78 is 4.99. The van der Waals surface area contributed by atoms with E-state index in [4.69, 9.17) is 10.5 Å². The minimum absolute atomic E-state index is 0.336. The molecule has 3 N–H and O–H groups in total. The Hall–Kier alpha value is -1.78. The predicted molar refractivity (Wildman–Crippen MR) is 79.7 cm³/mol. The van der Waals surface area contributed by atoms with E-state index < -0.39 is 5.97 Å². The zero-order valence-corrected chi connectivity index (χ0v) is 12.2. The Morgan fingerprint density at radius 3 is 2.80 bits per heavy atom. The number of ether oxygens (including phenoxy) is 1. The third kappa shape index (κ3) is 3.03. The number of hydrogen-bond donors (Lipinski definition) is 2. The maximum Gasteiger partial charge on any atom is 0.340 e. The Labute approximate surface area is 119 Å². The molecule has 1 fully saturated rings. The number of rotatable bonds is 6. The molecule has 0 bridgehead atoms. The lowest BCUT2D eigenvalue weighted by Crippen LogP contribution is -2.36. The van der Waals surface area contributed by atoms with Gasteiger partial charge in [-0.3, -0.25) is 0 Å². The van der Waals surface area contributed by atoms with Crippen LogP contribution in [0, 0.1) is 5.41 Å². The van der Waals surface area contributed by atoms with E-state index in [-0.39, 0.29) is 0 Å². The molecule has 1 aliphatic rings. The summed E-state index contributed by atoms with van der Waals surface area (Å²) in [5, 5.41) is 3.33. The Kier molecular flexibility index (Phi) is 4.47. The van der Waals surface area contributed by atoms with Crippen molar-refractivity contribution in [3.05, 3.63) is 17.8 Å². The fraction of sp³-hybridized carbons (Fsp3) is 0.600. The zero-order chi connectivity index (χ0) is 14.6. The van der Waals surface area contributed by atoms with Crippen LogP contribution in [0.15, 0.2) is 12.3 Å². The average Bonchev–Trinajstić information content (AvgIpc) is 2.40. The topological polar surface area (TPSA) is 77.2 Å². The highest BCUT2D eigenvalue weighted by Crippen LogP contribution is 2.43. The van der Waals surface area contributed by atoms with Gasteiger partial charge in [0.05, 0.1) is 24.1 Å². The third-order valence-corrected chi connectivity index (χ3v) is 4.24. The predicted octanol–water partition coefficient (Wildman–Crippen LogP) is 2.83. The van der Waals surface area contributed by atoms with E-state index in [2.05, 4.69) is 17.2 Å². The van der Waals surface area contributed by atoms with Gasteiger partial charge in [-0.25, -0.2) is 9.78 Å². The lowest BCUT2D eigenvalue weighted by atomic mass is 9.67. The smallest absolute Gasteiger partial charge is 0.340 e. The van der Waals surface area contributed by atoms with Crippen molar-refractivity contribution in [3.63, 3.8) is 0 Å². The molecule has 0 amide bonds. The van der Waals surface area contributed by atoms with Gasteiger partial charge < -0.3 is 15.8 Å². The summed E-state index contributed by atoms with van der Waals surface area (Å²) in [5.74, 6) is 0.284. The molecule has 1 heterocycles. The first kappa shape index (κ1) is 14.6. The Morgan fingerprint density at radius 1 is 1.50 bits per heavy atom. The van der Waals surface area contributed by atoms with Crippen molar-refractivity contribution in [3.8, 4) is 0 Å². The standard InChI is InChI=1S/C15H23N3O2/c1-3-15(6-5-7-15)10-18-13-8-11(12(16)9-17-13)14(19)20-4-2/h8-9H,3-7,10,16H2,1-2H3,(H,17,18). The van der Waals surface area contributed by atoms with Crippen molar-refractivity contribution >= 4 is 17.5 Å². The van der Waals surface area contributed by atoms with Gasteiger partial charge in [-0.05, 0) is 37.7 Å². The van der Waals surface area contributed by atoms with E-state index in [9.17, 15) is 4.79 Å². The molecule has 1 aromatic heterocycles. The molecule has 0 aliphatic heterocycles. The number of nitrogens with two attached hydrogens (primary N) is 1. The number of nitrogen functional groups attached to an aromatic ring is 1. The molecule has 0 atom stereocenters. The molecule has 1 aromatic rings. The number of esters is 1. The summed E-state index contributed by atoms with van der Waals surface area (Å²) in [4.78, 5) is 16.0. The summed E-state index contributed by atoms with van der Waals surface area (Å²) >= 11 is 0. The van der Waals surface area contributed by atoms with Crippen LogP contribution >= 0.6 is 0 Å². The first-order valence-corrected chi connectivity index (χ1v) is 7.27. The first-order valence-electron chi connectivity index (χ1n) is 7.27. The monoisotopic (exact) mass is 277 g/mol. The minimum atomic E-state index is -0.399. The molecular weight excluding hydrogens is 254 g/mol. The van der Waals surface area contributed by atoms with Gasteiger partial charge in [0, 0.05) is 6.54 Å². The molecular formula is C15H23N3O2. The second-order valence-electron chi connectivity index (χ2n) is 5.44. The highest BCUT2D eigenvalue weighted by molar-refractivity contribution is 5.95. The Balaban J connectivity index is 2.05. The maximum atomic E-state index is 11.8. The van der Waals surface area contributed by atoms with Crippen LogP contribution in [0.5, 0.6) is 0 Å². The zero-order valence-electron chi connectivity index (χ0n) is 12.2. The maximum absolute atomic E-state index is 11.8. The number of aromatic nitrogens is 1. The van der Waals surface area contributed by atoms with Crippen molar-refractivity contribution in [2.24, 2.45) is 5.41 Å². The first-order chi connectivity index (χ1) is 9.60. The molecule has 0 unspecified atom stereocenters. The van der Waals surface area contributed by atoms with Gasteiger partial charge in [0.1, 0.15) is 5.82 Å². The molecule has 0 aromatic carbocycles. The number of hydrogen-bond acceptors (Lipinski definition) is 5. The van der Waals surface area contributed by atoms with Gasteiger partial charge in [-0.2, -0.15) is 0 Å². The van der Waals surface area contributed by atoms with Crippen LogP contribution in [0.1, 0.15) is 49.9 Å². The van der Waals surface area contributed by atoms with Gasteiger partial charge in [-0.15, -0.1) is 0 Å². The van der Waals surface area contributed by atoms with Crippen LogP contribution in [-0.2, 0) is 4.74 Å². The number of anilines is 2. The summed E-state index contributed by atoms with van der Waals surface area (Å²) in [6.07, 6.45) is 6.50. The molecule has 5 heteroatoms. The van der Waals surface area contributed by atoms with Crippen LogP contribution in [0.2, 0.25) is 0 Å². The van der Waals surface area contributed by atoms with Crippen LogP contribution in [-0.4, -0.2) is 24.1 Å². The number of carbonyl (C=O) groups is 1. The Morgan fingerprint density at radius 2 is 2.25 bits per heavy atom. The highest BCUT2D eigenvalue weighted by Gasteiger charge is 2.34. The summed E-state index contributed by atoms with van der Waals surface area (Å²) in [7, 11) is 0. The summed E-state index contributed by atoms with van der Waals surface area (Å²) in [6.45, 7) is 5.22. The lowest BCUT2D eigenvalue weighted by Gasteiger charge is -2.41.